The average Bonchev–Trinajstić information content (AvgIpc) is 2.48. The van der Waals surface area contributed by atoms with Crippen LogP contribution in [0.1, 0.15) is 16.1 Å². The number of rotatable bonds is 1. The van der Waals surface area contributed by atoms with Crippen molar-refractivity contribution in [3.05, 3.63) is 34.5 Å². The second kappa shape index (κ2) is 3.03. The summed E-state index contributed by atoms with van der Waals surface area (Å²) >= 11 is 5.89. The number of hydrogen-bond acceptors (Lipinski definition) is 2. The van der Waals surface area contributed by atoms with E-state index < -0.39 is 5.97 Å². The highest BCUT2D eigenvalue weighted by Gasteiger charge is 2.11. The molecular formula is C10H7ClO3. The second-order valence-corrected chi connectivity index (χ2v) is 3.46. The number of aromatic carboxylic acids is 1. The summed E-state index contributed by atoms with van der Waals surface area (Å²) in [6, 6.07) is 4.88. The van der Waals surface area contributed by atoms with E-state index in [1.165, 1.54) is 6.07 Å². The number of carboxylic acid groups (broad SMARTS) is 1. The highest BCUT2D eigenvalue weighted by molar-refractivity contribution is 6.32. The first kappa shape index (κ1) is 9.09. The number of hydrogen-bond donors (Lipinski definition) is 1. The van der Waals surface area contributed by atoms with Crippen molar-refractivity contribution < 1.29 is 14.3 Å². The van der Waals surface area contributed by atoms with Crippen molar-refractivity contribution in [3.8, 4) is 0 Å². The van der Waals surface area contributed by atoms with Gasteiger partial charge in [-0.05, 0) is 30.7 Å². The van der Waals surface area contributed by atoms with Crippen molar-refractivity contribution in [1.29, 1.82) is 0 Å². The molecule has 72 valence electrons. The lowest BCUT2D eigenvalue weighted by Gasteiger charge is -1.95. The molecule has 1 heterocycles. The maximum absolute atomic E-state index is 10.6. The lowest BCUT2D eigenvalue weighted by Crippen LogP contribution is -1.91. The maximum atomic E-state index is 10.6. The summed E-state index contributed by atoms with van der Waals surface area (Å²) in [6.07, 6.45) is 0. The molecule has 4 heteroatoms. The molecule has 3 nitrogen and oxygen atoms in total. The van der Waals surface area contributed by atoms with Crippen molar-refractivity contribution in [2.45, 2.75) is 6.92 Å². The molecule has 0 amide bonds. The third-order valence-electron chi connectivity index (χ3n) is 2.01. The first-order valence-corrected chi connectivity index (χ1v) is 4.38. The third kappa shape index (κ3) is 1.36. The number of carboxylic acids is 1. The summed E-state index contributed by atoms with van der Waals surface area (Å²) in [5.41, 5.74) is 1.41. The molecule has 0 atom stereocenters. The van der Waals surface area contributed by atoms with Crippen LogP contribution in [0.2, 0.25) is 5.02 Å². The van der Waals surface area contributed by atoms with E-state index in [4.69, 9.17) is 21.1 Å². The number of furan rings is 1. The number of halogens is 1. The van der Waals surface area contributed by atoms with Crippen molar-refractivity contribution in [1.82, 2.24) is 0 Å². The monoisotopic (exact) mass is 210 g/mol. The molecule has 0 radical (unpaired) electrons. The minimum absolute atomic E-state index is 0.0679. The normalized spacial score (nSPS) is 10.7. The molecule has 0 bridgehead atoms. The molecule has 1 N–H and O–H groups in total. The van der Waals surface area contributed by atoms with Gasteiger partial charge in [0.25, 0.3) is 0 Å². The molecule has 0 aliphatic carbocycles. The van der Waals surface area contributed by atoms with Gasteiger partial charge < -0.3 is 9.52 Å². The number of carbonyl (C=O) groups is 1. The molecule has 0 aliphatic rings. The topological polar surface area (TPSA) is 50.4 Å². The molecule has 14 heavy (non-hydrogen) atoms. The Balaban J connectivity index is 2.72. The van der Waals surface area contributed by atoms with Gasteiger partial charge in [0.15, 0.2) is 0 Å². The maximum Gasteiger partial charge on any atom is 0.371 e. The SMILES string of the molecule is Cc1cc2oc(C(=O)O)cc2cc1Cl. The Morgan fingerprint density at radius 1 is 1.43 bits per heavy atom. The molecule has 0 fully saturated rings. The van der Waals surface area contributed by atoms with Crippen molar-refractivity contribution in [3.63, 3.8) is 0 Å². The zero-order valence-corrected chi connectivity index (χ0v) is 8.13. The zero-order chi connectivity index (χ0) is 10.3. The summed E-state index contributed by atoms with van der Waals surface area (Å²) in [5, 5.41) is 10.0. The van der Waals surface area contributed by atoms with Gasteiger partial charge >= 0.3 is 5.97 Å². The summed E-state index contributed by atoms with van der Waals surface area (Å²) in [4.78, 5) is 10.6. The fourth-order valence-electron chi connectivity index (χ4n) is 1.27. The van der Waals surface area contributed by atoms with Gasteiger partial charge in [0.2, 0.25) is 5.76 Å². The van der Waals surface area contributed by atoms with Gasteiger partial charge in [0.1, 0.15) is 5.58 Å². The van der Waals surface area contributed by atoms with E-state index in [-0.39, 0.29) is 5.76 Å². The molecule has 0 aliphatic heterocycles. The van der Waals surface area contributed by atoms with E-state index >= 15 is 0 Å². The zero-order valence-electron chi connectivity index (χ0n) is 7.37. The fourth-order valence-corrected chi connectivity index (χ4v) is 1.44. The molecule has 2 aromatic rings. The van der Waals surface area contributed by atoms with Gasteiger partial charge in [-0.3, -0.25) is 0 Å². The Bertz CT molecular complexity index is 474. The van der Waals surface area contributed by atoms with Crippen LogP contribution in [0.4, 0.5) is 0 Å². The summed E-state index contributed by atoms with van der Waals surface area (Å²) < 4.78 is 5.11. The fraction of sp³-hybridized carbons (Fsp3) is 0.100. The Morgan fingerprint density at radius 3 is 2.79 bits per heavy atom. The lowest BCUT2D eigenvalue weighted by atomic mass is 10.2. The van der Waals surface area contributed by atoms with Crippen LogP contribution in [-0.4, -0.2) is 11.1 Å². The summed E-state index contributed by atoms with van der Waals surface area (Å²) in [6.45, 7) is 1.84. The predicted octanol–water partition coefficient (Wildman–Crippen LogP) is 3.09. The van der Waals surface area contributed by atoms with E-state index in [2.05, 4.69) is 0 Å². The van der Waals surface area contributed by atoms with Gasteiger partial charge in [-0.25, -0.2) is 4.79 Å². The van der Waals surface area contributed by atoms with Crippen LogP contribution in [-0.2, 0) is 0 Å². The summed E-state index contributed by atoms with van der Waals surface area (Å²) in [7, 11) is 0. The summed E-state index contributed by atoms with van der Waals surface area (Å²) in [5.74, 6) is -1.14. The van der Waals surface area contributed by atoms with Gasteiger partial charge in [-0.2, -0.15) is 0 Å². The Kier molecular flexibility index (Phi) is 1.97. The van der Waals surface area contributed by atoms with Crippen LogP contribution in [0, 0.1) is 6.92 Å². The van der Waals surface area contributed by atoms with E-state index in [0.717, 1.165) is 5.56 Å². The standard InChI is InChI=1S/C10H7ClO3/c1-5-2-8-6(3-7(5)11)4-9(14-8)10(12)13/h2-4H,1H3,(H,12,13). The molecule has 1 aromatic heterocycles. The van der Waals surface area contributed by atoms with Crippen LogP contribution in [0.5, 0.6) is 0 Å². The predicted molar refractivity (Wildman–Crippen MR) is 52.9 cm³/mol. The lowest BCUT2D eigenvalue weighted by molar-refractivity contribution is 0.0665. The van der Waals surface area contributed by atoms with E-state index in [0.29, 0.717) is 16.0 Å². The van der Waals surface area contributed by atoms with Crippen molar-refractivity contribution >= 4 is 28.5 Å². The number of benzene rings is 1. The van der Waals surface area contributed by atoms with Gasteiger partial charge in [0, 0.05) is 10.4 Å². The van der Waals surface area contributed by atoms with Gasteiger partial charge in [-0.1, -0.05) is 11.6 Å². The molecule has 0 spiro atoms. The van der Waals surface area contributed by atoms with Crippen molar-refractivity contribution in [2.75, 3.05) is 0 Å². The molecule has 0 saturated heterocycles. The van der Waals surface area contributed by atoms with Crippen LogP contribution < -0.4 is 0 Å². The Morgan fingerprint density at radius 2 is 2.14 bits per heavy atom. The van der Waals surface area contributed by atoms with Gasteiger partial charge in [0.05, 0.1) is 0 Å². The quantitative estimate of drug-likeness (QED) is 0.787. The first-order valence-electron chi connectivity index (χ1n) is 4.01. The van der Waals surface area contributed by atoms with E-state index in [1.54, 1.807) is 12.1 Å². The number of fused-ring (bicyclic) bond motifs is 1. The smallest absolute Gasteiger partial charge is 0.371 e. The molecule has 0 unspecified atom stereocenters. The van der Waals surface area contributed by atoms with Crippen LogP contribution >= 0.6 is 11.6 Å². The van der Waals surface area contributed by atoms with Gasteiger partial charge in [-0.15, -0.1) is 0 Å². The minimum Gasteiger partial charge on any atom is -0.475 e. The highest BCUT2D eigenvalue weighted by Crippen LogP contribution is 2.26. The highest BCUT2D eigenvalue weighted by atomic mass is 35.5. The Hall–Kier alpha value is -1.48. The molecule has 1 aromatic carbocycles. The molecule has 0 saturated carbocycles. The first-order chi connectivity index (χ1) is 6.58. The number of aryl methyl sites for hydroxylation is 1. The Labute approximate surface area is 84.9 Å². The van der Waals surface area contributed by atoms with Crippen LogP contribution in [0.3, 0.4) is 0 Å². The average molecular weight is 211 g/mol. The van der Waals surface area contributed by atoms with E-state index in [9.17, 15) is 4.79 Å². The molecule has 2 rings (SSSR count). The largest absolute Gasteiger partial charge is 0.475 e. The van der Waals surface area contributed by atoms with E-state index in [1.807, 2.05) is 6.92 Å². The van der Waals surface area contributed by atoms with Crippen molar-refractivity contribution in [2.24, 2.45) is 0 Å². The van der Waals surface area contributed by atoms with Crippen LogP contribution in [0.15, 0.2) is 22.6 Å². The second-order valence-electron chi connectivity index (χ2n) is 3.06. The molecular weight excluding hydrogens is 204 g/mol. The minimum atomic E-state index is -1.07. The third-order valence-corrected chi connectivity index (χ3v) is 2.42. The van der Waals surface area contributed by atoms with Crippen LogP contribution in [0.25, 0.3) is 11.0 Å².